The van der Waals surface area contributed by atoms with Crippen molar-refractivity contribution < 1.29 is 17.9 Å². The molecule has 2 N–H and O–H groups in total. The number of nitrogens with zero attached hydrogens (tertiary/aromatic N) is 2. The minimum absolute atomic E-state index is 0.0924. The smallest absolute Gasteiger partial charge is 0.404 e. The van der Waals surface area contributed by atoms with Gasteiger partial charge in [-0.15, -0.1) is 0 Å². The van der Waals surface area contributed by atoms with Crippen LogP contribution in [-0.4, -0.2) is 30.0 Å². The Morgan fingerprint density at radius 3 is 2.79 bits per heavy atom. The number of primary amides is 1. The molecule has 0 aliphatic carbocycles. The van der Waals surface area contributed by atoms with Gasteiger partial charge in [0.2, 0.25) is 0 Å². The molecule has 0 radical (unpaired) electrons. The molecule has 78 valence electrons. The molecule has 0 atom stereocenters. The molecule has 0 saturated carbocycles. The van der Waals surface area contributed by atoms with Crippen LogP contribution in [0.15, 0.2) is 12.4 Å². The zero-order chi connectivity index (χ0) is 10.8. The predicted octanol–water partition coefficient (Wildman–Crippen LogP) is -0.714. The molecule has 0 spiro atoms. The summed E-state index contributed by atoms with van der Waals surface area (Å²) < 4.78 is 27.1. The van der Waals surface area contributed by atoms with Crippen molar-refractivity contribution in [2.45, 2.75) is 6.61 Å². The topological polar surface area (TPSA) is 104 Å². The lowest BCUT2D eigenvalue weighted by Crippen LogP contribution is -2.12. The van der Waals surface area contributed by atoms with E-state index in [1.165, 1.54) is 12.4 Å². The molecule has 1 aromatic rings. The van der Waals surface area contributed by atoms with Crippen LogP contribution >= 0.6 is 0 Å². The van der Waals surface area contributed by atoms with E-state index in [2.05, 4.69) is 9.84 Å². The molecule has 0 bridgehead atoms. The first-order valence-electron chi connectivity index (χ1n) is 3.56. The Labute approximate surface area is 80.5 Å². The number of hydrogen-bond acceptors (Lipinski definition) is 5. The molecule has 14 heavy (non-hydrogen) atoms. The largest absolute Gasteiger partial charge is 0.445 e. The van der Waals surface area contributed by atoms with Gasteiger partial charge in [-0.3, -0.25) is 0 Å². The second-order valence-corrected chi connectivity index (χ2v) is 4.43. The molecule has 0 unspecified atom stereocenters. The number of carbonyl (C=O) groups is 1. The lowest BCUT2D eigenvalue weighted by molar-refractivity contribution is 0.150. The SMILES string of the molecule is CS(=O)(=O)n1cc(COC(N)=O)cn1. The summed E-state index contributed by atoms with van der Waals surface area (Å²) in [6.45, 7) is -0.0924. The van der Waals surface area contributed by atoms with E-state index in [4.69, 9.17) is 5.73 Å². The Bertz CT molecular complexity index is 436. The van der Waals surface area contributed by atoms with Gasteiger partial charge in [0, 0.05) is 11.8 Å². The Balaban J connectivity index is 2.74. The lowest BCUT2D eigenvalue weighted by atomic mass is 10.4. The molecule has 0 aliphatic rings. The molecule has 1 heterocycles. The fraction of sp³-hybridized carbons (Fsp3) is 0.333. The van der Waals surface area contributed by atoms with Crippen molar-refractivity contribution in [1.29, 1.82) is 0 Å². The van der Waals surface area contributed by atoms with Gasteiger partial charge in [0.25, 0.3) is 10.0 Å². The summed E-state index contributed by atoms with van der Waals surface area (Å²) in [6, 6.07) is 0. The number of rotatable bonds is 3. The quantitative estimate of drug-likeness (QED) is 0.722. The van der Waals surface area contributed by atoms with Gasteiger partial charge in [-0.1, -0.05) is 0 Å². The highest BCUT2D eigenvalue weighted by Crippen LogP contribution is 2.01. The highest BCUT2D eigenvalue weighted by molar-refractivity contribution is 7.89. The normalized spacial score (nSPS) is 11.2. The summed E-state index contributed by atoms with van der Waals surface area (Å²) in [5.74, 6) is 0. The summed E-state index contributed by atoms with van der Waals surface area (Å²) in [5.41, 5.74) is 5.18. The number of aromatic nitrogens is 2. The zero-order valence-electron chi connectivity index (χ0n) is 7.37. The van der Waals surface area contributed by atoms with Gasteiger partial charge < -0.3 is 10.5 Å². The minimum atomic E-state index is -3.39. The van der Waals surface area contributed by atoms with Crippen LogP contribution in [0.5, 0.6) is 0 Å². The predicted molar refractivity (Wildman–Crippen MR) is 46.8 cm³/mol. The molecule has 8 heteroatoms. The van der Waals surface area contributed by atoms with Gasteiger partial charge in [0.15, 0.2) is 0 Å². The van der Waals surface area contributed by atoms with Crippen molar-refractivity contribution in [2.75, 3.05) is 6.26 Å². The maximum atomic E-state index is 11.0. The van der Waals surface area contributed by atoms with Crippen molar-refractivity contribution >= 4 is 16.1 Å². The van der Waals surface area contributed by atoms with Crippen molar-refractivity contribution in [3.63, 3.8) is 0 Å². The molecular formula is C6H9N3O4S. The number of hydrogen-bond donors (Lipinski definition) is 1. The van der Waals surface area contributed by atoms with E-state index in [9.17, 15) is 13.2 Å². The minimum Gasteiger partial charge on any atom is -0.445 e. The highest BCUT2D eigenvalue weighted by Gasteiger charge is 2.07. The Morgan fingerprint density at radius 1 is 1.71 bits per heavy atom. The van der Waals surface area contributed by atoms with Crippen LogP contribution in [-0.2, 0) is 21.4 Å². The first-order valence-corrected chi connectivity index (χ1v) is 5.41. The maximum Gasteiger partial charge on any atom is 0.404 e. The Hall–Kier alpha value is -1.57. The van der Waals surface area contributed by atoms with E-state index in [-0.39, 0.29) is 6.61 Å². The summed E-state index contributed by atoms with van der Waals surface area (Å²) >= 11 is 0. The van der Waals surface area contributed by atoms with Gasteiger partial charge in [0.05, 0.1) is 12.5 Å². The monoisotopic (exact) mass is 219 g/mol. The molecule has 1 amide bonds. The van der Waals surface area contributed by atoms with Crippen LogP contribution in [0.1, 0.15) is 5.56 Å². The van der Waals surface area contributed by atoms with E-state index in [1.54, 1.807) is 0 Å². The maximum absolute atomic E-state index is 11.0. The third-order valence-corrected chi connectivity index (χ3v) is 2.21. The molecule has 0 fully saturated rings. The first kappa shape index (κ1) is 10.5. The van der Waals surface area contributed by atoms with Crippen LogP contribution in [0.3, 0.4) is 0 Å². The van der Waals surface area contributed by atoms with Crippen LogP contribution in [0.2, 0.25) is 0 Å². The van der Waals surface area contributed by atoms with Gasteiger partial charge in [0.1, 0.15) is 6.61 Å². The number of carbonyl (C=O) groups excluding carboxylic acids is 1. The molecule has 0 saturated heterocycles. The molecule has 0 aliphatic heterocycles. The number of amides is 1. The number of ether oxygens (including phenoxy) is 1. The van der Waals surface area contributed by atoms with Crippen molar-refractivity contribution in [3.8, 4) is 0 Å². The summed E-state index contributed by atoms with van der Waals surface area (Å²) in [4.78, 5) is 10.2. The van der Waals surface area contributed by atoms with Crippen molar-refractivity contribution in [3.05, 3.63) is 18.0 Å². The molecule has 1 rings (SSSR count). The zero-order valence-corrected chi connectivity index (χ0v) is 8.19. The third-order valence-electron chi connectivity index (χ3n) is 1.33. The van der Waals surface area contributed by atoms with E-state index in [1.807, 2.05) is 0 Å². The van der Waals surface area contributed by atoms with Crippen LogP contribution in [0, 0.1) is 0 Å². The summed E-state index contributed by atoms with van der Waals surface area (Å²) in [5, 5.41) is 3.56. The average Bonchev–Trinajstić information content (AvgIpc) is 2.47. The third kappa shape index (κ3) is 2.73. The average molecular weight is 219 g/mol. The van der Waals surface area contributed by atoms with Gasteiger partial charge >= 0.3 is 6.09 Å². The molecule has 1 aromatic heterocycles. The second-order valence-electron chi connectivity index (χ2n) is 2.59. The Kier molecular flexibility index (Phi) is 2.75. The van der Waals surface area contributed by atoms with Crippen LogP contribution < -0.4 is 5.73 Å². The Morgan fingerprint density at radius 2 is 2.36 bits per heavy atom. The lowest BCUT2D eigenvalue weighted by Gasteiger charge is -1.96. The second kappa shape index (κ2) is 3.66. The van der Waals surface area contributed by atoms with Gasteiger partial charge in [-0.2, -0.15) is 9.19 Å². The molecular weight excluding hydrogens is 210 g/mol. The van der Waals surface area contributed by atoms with E-state index < -0.39 is 16.1 Å². The molecule has 7 nitrogen and oxygen atoms in total. The van der Waals surface area contributed by atoms with Crippen LogP contribution in [0.25, 0.3) is 0 Å². The van der Waals surface area contributed by atoms with E-state index in [0.29, 0.717) is 5.56 Å². The summed E-state index contributed by atoms with van der Waals surface area (Å²) in [7, 11) is -3.39. The van der Waals surface area contributed by atoms with E-state index in [0.717, 1.165) is 10.3 Å². The van der Waals surface area contributed by atoms with Gasteiger partial charge in [-0.25, -0.2) is 13.2 Å². The highest BCUT2D eigenvalue weighted by atomic mass is 32.2. The fourth-order valence-electron chi connectivity index (χ4n) is 0.750. The number of nitrogens with two attached hydrogens (primary N) is 1. The van der Waals surface area contributed by atoms with Gasteiger partial charge in [-0.05, 0) is 0 Å². The van der Waals surface area contributed by atoms with Crippen molar-refractivity contribution in [1.82, 2.24) is 9.19 Å². The standard InChI is InChI=1S/C6H9N3O4S/c1-14(11,12)9-3-5(2-8-9)4-13-6(7)10/h2-3H,4H2,1H3,(H2,7,10). The van der Waals surface area contributed by atoms with Crippen molar-refractivity contribution in [2.24, 2.45) is 5.73 Å². The van der Waals surface area contributed by atoms with Crippen LogP contribution in [0.4, 0.5) is 4.79 Å². The van der Waals surface area contributed by atoms with E-state index >= 15 is 0 Å². The summed E-state index contributed by atoms with van der Waals surface area (Å²) in [6.07, 6.45) is 2.62. The fourth-order valence-corrected chi connectivity index (χ4v) is 1.30. The molecule has 0 aromatic carbocycles. The first-order chi connectivity index (χ1) is 6.39.